The van der Waals surface area contributed by atoms with Crippen molar-refractivity contribution in [1.29, 1.82) is 0 Å². The molecule has 1 aromatic heterocycles. The number of rotatable bonds is 6. The third-order valence-corrected chi connectivity index (χ3v) is 4.63. The summed E-state index contributed by atoms with van der Waals surface area (Å²) in [4.78, 5) is 12.0. The Balaban J connectivity index is 1.69. The fourth-order valence-corrected chi connectivity index (χ4v) is 3.26. The van der Waals surface area contributed by atoms with Gasteiger partial charge < -0.3 is 9.47 Å². The molecule has 4 rings (SSSR count). The number of benzene rings is 3. The van der Waals surface area contributed by atoms with Crippen molar-refractivity contribution in [3.8, 4) is 28.3 Å². The maximum absolute atomic E-state index is 12.0. The Morgan fingerprint density at radius 1 is 0.933 bits per heavy atom. The summed E-state index contributed by atoms with van der Waals surface area (Å²) in [5.74, 6) is 1.13. The number of carbonyl (C=O) groups excluding carboxylic acids is 1. The van der Waals surface area contributed by atoms with Crippen LogP contribution in [0, 0.1) is 6.92 Å². The minimum Gasteiger partial charge on any atom is -0.461 e. The van der Waals surface area contributed by atoms with Crippen LogP contribution in [0.1, 0.15) is 23.1 Å². The van der Waals surface area contributed by atoms with Crippen LogP contribution in [0.4, 0.5) is 0 Å². The van der Waals surface area contributed by atoms with Crippen LogP contribution in [0.2, 0.25) is 0 Å². The second-order valence-corrected chi connectivity index (χ2v) is 6.76. The second kappa shape index (κ2) is 8.66. The standard InChI is InChI=1S/C25H22N2O3/c1-3-29-25(28)23-16-18(2)27(26-23)20-11-9-10-19(17-20)22-14-7-8-15-24(22)30-21-12-5-4-6-13-21/h4-17H,3H2,1-2H3. The van der Waals surface area contributed by atoms with E-state index in [9.17, 15) is 4.79 Å². The van der Waals surface area contributed by atoms with Gasteiger partial charge in [0.15, 0.2) is 5.69 Å². The van der Waals surface area contributed by atoms with Gasteiger partial charge in [0, 0.05) is 11.3 Å². The Morgan fingerprint density at radius 2 is 1.70 bits per heavy atom. The Labute approximate surface area is 175 Å². The first-order chi connectivity index (χ1) is 14.7. The molecule has 30 heavy (non-hydrogen) atoms. The normalized spacial score (nSPS) is 10.6. The highest BCUT2D eigenvalue weighted by Gasteiger charge is 2.15. The van der Waals surface area contributed by atoms with E-state index in [0.29, 0.717) is 12.3 Å². The summed E-state index contributed by atoms with van der Waals surface area (Å²) in [6, 6.07) is 27.3. The maximum atomic E-state index is 12.0. The van der Waals surface area contributed by atoms with Crippen molar-refractivity contribution in [2.75, 3.05) is 6.61 Å². The van der Waals surface area contributed by atoms with Crippen molar-refractivity contribution < 1.29 is 14.3 Å². The largest absolute Gasteiger partial charge is 0.461 e. The summed E-state index contributed by atoms with van der Waals surface area (Å²) in [6.45, 7) is 4.01. The molecule has 0 radical (unpaired) electrons. The molecule has 0 bridgehead atoms. The maximum Gasteiger partial charge on any atom is 0.358 e. The van der Waals surface area contributed by atoms with E-state index in [1.54, 1.807) is 17.7 Å². The van der Waals surface area contributed by atoms with Crippen molar-refractivity contribution in [2.45, 2.75) is 13.8 Å². The summed E-state index contributed by atoms with van der Waals surface area (Å²) in [6.07, 6.45) is 0. The van der Waals surface area contributed by atoms with E-state index in [2.05, 4.69) is 5.10 Å². The summed E-state index contributed by atoms with van der Waals surface area (Å²) >= 11 is 0. The number of nitrogens with zero attached hydrogens (tertiary/aromatic N) is 2. The van der Waals surface area contributed by atoms with Crippen LogP contribution in [-0.4, -0.2) is 22.4 Å². The average molecular weight is 398 g/mol. The van der Waals surface area contributed by atoms with Crippen molar-refractivity contribution >= 4 is 5.97 Å². The van der Waals surface area contributed by atoms with Gasteiger partial charge in [0.05, 0.1) is 12.3 Å². The number of ether oxygens (including phenoxy) is 2. The van der Waals surface area contributed by atoms with Gasteiger partial charge in [-0.25, -0.2) is 9.48 Å². The number of aromatic nitrogens is 2. The number of carbonyl (C=O) groups is 1. The van der Waals surface area contributed by atoms with E-state index >= 15 is 0 Å². The summed E-state index contributed by atoms with van der Waals surface area (Å²) < 4.78 is 12.9. The van der Waals surface area contributed by atoms with Crippen molar-refractivity contribution in [2.24, 2.45) is 0 Å². The third kappa shape index (κ3) is 4.10. The molecule has 0 unspecified atom stereocenters. The highest BCUT2D eigenvalue weighted by Crippen LogP contribution is 2.34. The molecule has 5 nitrogen and oxygen atoms in total. The van der Waals surface area contributed by atoms with Crippen molar-refractivity contribution in [3.05, 3.63) is 96.3 Å². The number of hydrogen-bond donors (Lipinski definition) is 0. The lowest BCUT2D eigenvalue weighted by Crippen LogP contribution is -2.06. The molecule has 4 aromatic rings. The smallest absolute Gasteiger partial charge is 0.358 e. The van der Waals surface area contributed by atoms with Gasteiger partial charge in [0.1, 0.15) is 11.5 Å². The number of para-hydroxylation sites is 2. The molecule has 0 saturated carbocycles. The summed E-state index contributed by atoms with van der Waals surface area (Å²) in [5, 5.41) is 4.43. The summed E-state index contributed by atoms with van der Waals surface area (Å²) in [7, 11) is 0. The average Bonchev–Trinajstić information content (AvgIpc) is 3.17. The molecule has 3 aromatic carbocycles. The Kier molecular flexibility index (Phi) is 5.61. The van der Waals surface area contributed by atoms with Gasteiger partial charge in [0.25, 0.3) is 0 Å². The first-order valence-electron chi connectivity index (χ1n) is 9.82. The fourth-order valence-electron chi connectivity index (χ4n) is 3.26. The molecule has 0 amide bonds. The number of esters is 1. The summed E-state index contributed by atoms with van der Waals surface area (Å²) in [5.41, 5.74) is 3.97. The van der Waals surface area contributed by atoms with E-state index in [4.69, 9.17) is 9.47 Å². The highest BCUT2D eigenvalue weighted by atomic mass is 16.5. The molecule has 0 fully saturated rings. The van der Waals surface area contributed by atoms with Gasteiger partial charge in [0.2, 0.25) is 0 Å². The van der Waals surface area contributed by atoms with E-state index in [0.717, 1.165) is 34.0 Å². The second-order valence-electron chi connectivity index (χ2n) is 6.76. The van der Waals surface area contributed by atoms with Gasteiger partial charge in [-0.2, -0.15) is 5.10 Å². The van der Waals surface area contributed by atoms with E-state index in [1.807, 2.05) is 85.8 Å². The molecule has 0 aliphatic rings. The third-order valence-electron chi connectivity index (χ3n) is 4.63. The zero-order chi connectivity index (χ0) is 20.9. The predicted molar refractivity (Wildman–Crippen MR) is 116 cm³/mol. The van der Waals surface area contributed by atoms with E-state index in [-0.39, 0.29) is 0 Å². The number of aryl methyl sites for hydroxylation is 1. The van der Waals surface area contributed by atoms with E-state index in [1.165, 1.54) is 0 Å². The SMILES string of the molecule is CCOC(=O)c1cc(C)n(-c2cccc(-c3ccccc3Oc3ccccc3)c2)n1. The monoisotopic (exact) mass is 398 g/mol. The number of hydrogen-bond acceptors (Lipinski definition) is 4. The van der Waals surface area contributed by atoms with Crippen molar-refractivity contribution in [1.82, 2.24) is 9.78 Å². The van der Waals surface area contributed by atoms with Crippen LogP contribution in [0.5, 0.6) is 11.5 Å². The molecule has 0 aliphatic heterocycles. The van der Waals surface area contributed by atoms with Gasteiger partial charge in [-0.1, -0.05) is 48.5 Å². The topological polar surface area (TPSA) is 53.4 Å². The molecule has 0 aliphatic carbocycles. The van der Waals surface area contributed by atoms with Crippen LogP contribution in [0.3, 0.4) is 0 Å². The molecule has 1 heterocycles. The lowest BCUT2D eigenvalue weighted by Gasteiger charge is -2.13. The fraction of sp³-hybridized carbons (Fsp3) is 0.120. The molecule has 0 atom stereocenters. The van der Waals surface area contributed by atoms with Crippen LogP contribution in [0.25, 0.3) is 16.8 Å². The van der Waals surface area contributed by atoms with Crippen LogP contribution < -0.4 is 4.74 Å². The molecule has 0 N–H and O–H groups in total. The van der Waals surface area contributed by atoms with Crippen LogP contribution in [0.15, 0.2) is 84.9 Å². The molecule has 5 heteroatoms. The van der Waals surface area contributed by atoms with Crippen LogP contribution in [-0.2, 0) is 4.74 Å². The Bertz CT molecular complexity index is 1170. The van der Waals surface area contributed by atoms with Gasteiger partial charge in [-0.15, -0.1) is 0 Å². The molecule has 0 saturated heterocycles. The molecular weight excluding hydrogens is 376 g/mol. The molecule has 0 spiro atoms. The minimum absolute atomic E-state index is 0.299. The zero-order valence-corrected chi connectivity index (χ0v) is 16.9. The molecular formula is C25H22N2O3. The zero-order valence-electron chi connectivity index (χ0n) is 16.9. The first kappa shape index (κ1) is 19.5. The first-order valence-corrected chi connectivity index (χ1v) is 9.82. The molecule has 150 valence electrons. The minimum atomic E-state index is -0.419. The lowest BCUT2D eigenvalue weighted by molar-refractivity contribution is 0.0519. The van der Waals surface area contributed by atoms with E-state index < -0.39 is 5.97 Å². The Morgan fingerprint density at radius 3 is 2.50 bits per heavy atom. The quantitative estimate of drug-likeness (QED) is 0.384. The van der Waals surface area contributed by atoms with Gasteiger partial charge >= 0.3 is 5.97 Å². The predicted octanol–water partition coefficient (Wildman–Crippen LogP) is 5.82. The van der Waals surface area contributed by atoms with Crippen molar-refractivity contribution in [3.63, 3.8) is 0 Å². The highest BCUT2D eigenvalue weighted by molar-refractivity contribution is 5.87. The van der Waals surface area contributed by atoms with Crippen LogP contribution >= 0.6 is 0 Å². The Hall–Kier alpha value is -3.86. The van der Waals surface area contributed by atoms with Gasteiger partial charge in [-0.3, -0.25) is 0 Å². The van der Waals surface area contributed by atoms with Gasteiger partial charge in [-0.05, 0) is 55.8 Å². The lowest BCUT2D eigenvalue weighted by atomic mass is 10.0.